The van der Waals surface area contributed by atoms with E-state index in [2.05, 4.69) is 5.32 Å². The highest BCUT2D eigenvalue weighted by molar-refractivity contribution is 5.95. The first kappa shape index (κ1) is 16.5. The van der Waals surface area contributed by atoms with Gasteiger partial charge in [0.05, 0.1) is 5.56 Å². The number of rotatable bonds is 6. The van der Waals surface area contributed by atoms with Crippen molar-refractivity contribution in [3.05, 3.63) is 65.0 Å². The molecule has 0 atom stereocenters. The molecule has 0 aliphatic carbocycles. The Bertz CT molecular complexity index is 714. The van der Waals surface area contributed by atoms with Crippen LogP contribution in [-0.2, 0) is 11.3 Å². The lowest BCUT2D eigenvalue weighted by Crippen LogP contribution is -2.28. The molecule has 0 spiro atoms. The maximum Gasteiger partial charge on any atom is 0.258 e. The SMILES string of the molecule is Cc1ccc(C(N)=O)c(OCC(=O)NCc2ccc(F)cc2)c1. The Morgan fingerprint density at radius 2 is 1.87 bits per heavy atom. The second-order valence-corrected chi connectivity index (χ2v) is 5.06. The molecule has 2 aromatic carbocycles. The van der Waals surface area contributed by atoms with E-state index in [4.69, 9.17) is 10.5 Å². The molecule has 0 aromatic heterocycles. The number of carbonyl (C=O) groups is 2. The van der Waals surface area contributed by atoms with Gasteiger partial charge in [-0.2, -0.15) is 0 Å². The molecular weight excluding hydrogens is 299 g/mol. The van der Waals surface area contributed by atoms with Crippen molar-refractivity contribution in [3.63, 3.8) is 0 Å². The van der Waals surface area contributed by atoms with Crippen LogP contribution in [0.15, 0.2) is 42.5 Å². The van der Waals surface area contributed by atoms with Gasteiger partial charge in [0.2, 0.25) is 0 Å². The monoisotopic (exact) mass is 316 g/mol. The van der Waals surface area contributed by atoms with E-state index in [1.165, 1.54) is 12.1 Å². The Kier molecular flexibility index (Phi) is 5.30. The fourth-order valence-electron chi connectivity index (χ4n) is 1.95. The van der Waals surface area contributed by atoms with Gasteiger partial charge < -0.3 is 15.8 Å². The van der Waals surface area contributed by atoms with Crippen molar-refractivity contribution in [1.29, 1.82) is 0 Å². The number of primary amides is 1. The van der Waals surface area contributed by atoms with E-state index in [1.54, 1.807) is 30.3 Å². The number of aryl methyl sites for hydroxylation is 1. The van der Waals surface area contributed by atoms with Crippen LogP contribution in [0.2, 0.25) is 0 Å². The summed E-state index contributed by atoms with van der Waals surface area (Å²) in [5, 5.41) is 2.65. The maximum atomic E-state index is 12.8. The first-order valence-electron chi connectivity index (χ1n) is 7.00. The summed E-state index contributed by atoms with van der Waals surface area (Å²) in [4.78, 5) is 23.1. The number of halogens is 1. The summed E-state index contributed by atoms with van der Waals surface area (Å²) in [5.74, 6) is -1.03. The number of amides is 2. The van der Waals surface area contributed by atoms with Gasteiger partial charge in [-0.3, -0.25) is 9.59 Å². The lowest BCUT2D eigenvalue weighted by molar-refractivity contribution is -0.123. The molecule has 6 heteroatoms. The van der Waals surface area contributed by atoms with Crippen LogP contribution in [0.3, 0.4) is 0 Å². The van der Waals surface area contributed by atoms with Crippen LogP contribution in [0.1, 0.15) is 21.5 Å². The highest BCUT2D eigenvalue weighted by atomic mass is 19.1. The van der Waals surface area contributed by atoms with Gasteiger partial charge in [-0.05, 0) is 42.3 Å². The highest BCUT2D eigenvalue weighted by Crippen LogP contribution is 2.19. The van der Waals surface area contributed by atoms with Gasteiger partial charge in [0.15, 0.2) is 6.61 Å². The fourth-order valence-corrected chi connectivity index (χ4v) is 1.95. The number of ether oxygens (including phenoxy) is 1. The smallest absolute Gasteiger partial charge is 0.258 e. The molecule has 0 aliphatic heterocycles. The van der Waals surface area contributed by atoms with E-state index in [0.717, 1.165) is 11.1 Å². The summed E-state index contributed by atoms with van der Waals surface area (Å²) < 4.78 is 18.2. The van der Waals surface area contributed by atoms with Crippen molar-refractivity contribution in [2.45, 2.75) is 13.5 Å². The molecule has 120 valence electrons. The van der Waals surface area contributed by atoms with Crippen LogP contribution >= 0.6 is 0 Å². The molecule has 23 heavy (non-hydrogen) atoms. The van der Waals surface area contributed by atoms with E-state index >= 15 is 0 Å². The van der Waals surface area contributed by atoms with Crippen molar-refractivity contribution in [3.8, 4) is 5.75 Å². The Labute approximate surface area is 133 Å². The normalized spacial score (nSPS) is 10.2. The molecule has 2 amide bonds. The molecule has 0 saturated carbocycles. The Morgan fingerprint density at radius 3 is 2.52 bits per heavy atom. The molecule has 3 N–H and O–H groups in total. The van der Waals surface area contributed by atoms with Crippen LogP contribution in [0.5, 0.6) is 5.75 Å². The number of carbonyl (C=O) groups excluding carboxylic acids is 2. The van der Waals surface area contributed by atoms with E-state index in [1.807, 2.05) is 6.92 Å². The van der Waals surface area contributed by atoms with Crippen molar-refractivity contribution in [2.75, 3.05) is 6.61 Å². The number of nitrogens with two attached hydrogens (primary N) is 1. The highest BCUT2D eigenvalue weighted by Gasteiger charge is 2.11. The number of nitrogens with one attached hydrogen (secondary N) is 1. The van der Waals surface area contributed by atoms with Crippen LogP contribution in [0.4, 0.5) is 4.39 Å². The van der Waals surface area contributed by atoms with Crippen LogP contribution in [-0.4, -0.2) is 18.4 Å². The molecule has 0 aliphatic rings. The van der Waals surface area contributed by atoms with E-state index in [9.17, 15) is 14.0 Å². The van der Waals surface area contributed by atoms with E-state index in [0.29, 0.717) is 0 Å². The fraction of sp³-hybridized carbons (Fsp3) is 0.176. The van der Waals surface area contributed by atoms with E-state index < -0.39 is 5.91 Å². The van der Waals surface area contributed by atoms with Crippen molar-refractivity contribution >= 4 is 11.8 Å². The molecule has 5 nitrogen and oxygen atoms in total. The number of benzene rings is 2. The van der Waals surface area contributed by atoms with Gasteiger partial charge in [0.1, 0.15) is 11.6 Å². The summed E-state index contributed by atoms with van der Waals surface area (Å²) in [5.41, 5.74) is 7.15. The minimum atomic E-state index is -0.619. The average molecular weight is 316 g/mol. The largest absolute Gasteiger partial charge is 0.483 e. The minimum Gasteiger partial charge on any atom is -0.483 e. The number of hydrogen-bond donors (Lipinski definition) is 2. The molecular formula is C17H17FN2O3. The van der Waals surface area contributed by atoms with Crippen molar-refractivity contribution in [2.24, 2.45) is 5.73 Å². The zero-order valence-corrected chi connectivity index (χ0v) is 12.6. The molecule has 0 heterocycles. The minimum absolute atomic E-state index is 0.224. The van der Waals surface area contributed by atoms with Crippen LogP contribution in [0, 0.1) is 12.7 Å². The van der Waals surface area contributed by atoms with Gasteiger partial charge in [0.25, 0.3) is 11.8 Å². The van der Waals surface area contributed by atoms with Gasteiger partial charge in [-0.25, -0.2) is 4.39 Å². The third-order valence-electron chi connectivity index (χ3n) is 3.16. The average Bonchev–Trinajstić information content (AvgIpc) is 2.52. The topological polar surface area (TPSA) is 81.4 Å². The second-order valence-electron chi connectivity index (χ2n) is 5.06. The van der Waals surface area contributed by atoms with Gasteiger partial charge >= 0.3 is 0 Å². The molecule has 0 saturated heterocycles. The lowest BCUT2D eigenvalue weighted by Gasteiger charge is -2.11. The number of hydrogen-bond acceptors (Lipinski definition) is 3. The zero-order chi connectivity index (χ0) is 16.8. The molecule has 0 bridgehead atoms. The lowest BCUT2D eigenvalue weighted by atomic mass is 10.1. The summed E-state index contributed by atoms with van der Waals surface area (Å²) >= 11 is 0. The standard InChI is InChI=1S/C17H17FN2O3/c1-11-2-7-14(17(19)22)15(8-11)23-10-16(21)20-9-12-3-5-13(18)6-4-12/h2-8H,9-10H2,1H3,(H2,19,22)(H,20,21). The molecule has 0 radical (unpaired) electrons. The van der Waals surface area contributed by atoms with Gasteiger partial charge in [-0.1, -0.05) is 18.2 Å². The summed E-state index contributed by atoms with van der Waals surface area (Å²) in [7, 11) is 0. The van der Waals surface area contributed by atoms with Crippen molar-refractivity contribution in [1.82, 2.24) is 5.32 Å². The molecule has 0 unspecified atom stereocenters. The maximum absolute atomic E-state index is 12.8. The Balaban J connectivity index is 1.90. The second kappa shape index (κ2) is 7.40. The van der Waals surface area contributed by atoms with Crippen molar-refractivity contribution < 1.29 is 18.7 Å². The predicted molar refractivity (Wildman–Crippen MR) is 83.4 cm³/mol. The van der Waals surface area contributed by atoms with Gasteiger partial charge in [-0.15, -0.1) is 0 Å². The quantitative estimate of drug-likeness (QED) is 0.854. The molecule has 0 fully saturated rings. The first-order valence-corrected chi connectivity index (χ1v) is 7.00. The molecule has 2 rings (SSSR count). The third-order valence-corrected chi connectivity index (χ3v) is 3.16. The Hall–Kier alpha value is -2.89. The van der Waals surface area contributed by atoms with Crippen LogP contribution in [0.25, 0.3) is 0 Å². The summed E-state index contributed by atoms with van der Waals surface area (Å²) in [6.07, 6.45) is 0. The molecule has 2 aromatic rings. The first-order chi connectivity index (χ1) is 11.0. The zero-order valence-electron chi connectivity index (χ0n) is 12.6. The van der Waals surface area contributed by atoms with E-state index in [-0.39, 0.29) is 36.2 Å². The predicted octanol–water partition coefficient (Wildman–Crippen LogP) is 1.93. The summed E-state index contributed by atoms with van der Waals surface area (Å²) in [6.45, 7) is 1.86. The third kappa shape index (κ3) is 4.81. The summed E-state index contributed by atoms with van der Waals surface area (Å²) in [6, 6.07) is 10.8. The Morgan fingerprint density at radius 1 is 1.17 bits per heavy atom. The van der Waals surface area contributed by atoms with Crippen LogP contribution < -0.4 is 15.8 Å². The van der Waals surface area contributed by atoms with Gasteiger partial charge in [0, 0.05) is 6.54 Å².